The molecule has 0 spiro atoms. The number of carbonyl (C=O) groups is 5. The molecule has 354 valence electrons. The van der Waals surface area contributed by atoms with Crippen LogP contribution in [-0.2, 0) is 35.0 Å². The van der Waals surface area contributed by atoms with Crippen molar-refractivity contribution < 1.29 is 38.2 Å². The number of nitrogens with two attached hydrogens (primary N) is 1. The second-order valence-corrected chi connectivity index (χ2v) is 17.9. The first-order valence-electron chi connectivity index (χ1n) is 23.0. The number of ether oxygens (including phenoxy) is 3. The maximum Gasteiger partial charge on any atom is 0.426 e. The van der Waals surface area contributed by atoms with Gasteiger partial charge >= 0.3 is 6.09 Å². The molecule has 1 aromatic carbocycles. The topological polar surface area (TPSA) is 207 Å². The highest BCUT2D eigenvalue weighted by Gasteiger charge is 2.38. The van der Waals surface area contributed by atoms with Crippen LogP contribution in [0.15, 0.2) is 35.7 Å². The molecule has 6 N–H and O–H groups in total. The zero-order valence-electron chi connectivity index (χ0n) is 39.0. The van der Waals surface area contributed by atoms with E-state index in [4.69, 9.17) is 24.9 Å². The van der Waals surface area contributed by atoms with E-state index in [1.54, 1.807) is 12.3 Å². The predicted octanol–water partition coefficient (Wildman–Crippen LogP) is 5.38. The third kappa shape index (κ3) is 17.7. The van der Waals surface area contributed by atoms with E-state index >= 15 is 0 Å². The zero-order chi connectivity index (χ0) is 46.3. The van der Waals surface area contributed by atoms with E-state index in [-0.39, 0.29) is 61.1 Å². The molecule has 2 heterocycles. The van der Waals surface area contributed by atoms with E-state index in [2.05, 4.69) is 47.2 Å². The minimum Gasteiger partial charge on any atom is -0.446 e. The molecule has 0 saturated carbocycles. The van der Waals surface area contributed by atoms with Gasteiger partial charge in [-0.05, 0) is 69.5 Å². The summed E-state index contributed by atoms with van der Waals surface area (Å²) in [4.78, 5) is 76.3. The Labute approximate surface area is 379 Å². The Kier molecular flexibility index (Phi) is 24.1. The first-order chi connectivity index (χ1) is 30.2. The minimum absolute atomic E-state index is 0.000138. The fourth-order valence-electron chi connectivity index (χ4n) is 7.75. The molecular weight excluding hydrogens is 825 g/mol. The number of rotatable bonds is 27. The van der Waals surface area contributed by atoms with Crippen LogP contribution in [0, 0.1) is 17.8 Å². The number of piperidine rings is 1. The average molecular weight is 901 g/mol. The highest BCUT2D eigenvalue weighted by molar-refractivity contribution is 7.09. The predicted molar refractivity (Wildman–Crippen MR) is 246 cm³/mol. The third-order valence-electron chi connectivity index (χ3n) is 11.5. The van der Waals surface area contributed by atoms with Crippen LogP contribution in [0.5, 0.6) is 0 Å². The summed E-state index contributed by atoms with van der Waals surface area (Å²) in [6, 6.07) is 8.05. The van der Waals surface area contributed by atoms with Gasteiger partial charge in [-0.25, -0.2) is 15.2 Å². The standard InChI is InChI=1S/C46H76N8O8S/c1-9-21-54(45(58)40(32(6)11-3)50-43(57)37-19-15-16-22-53(37)8)38(31(4)5)29-39(61-23-10-2)44-49-36(30-63-44)42(56)48-35(28-34-17-13-12-14-18-34)27-33(7)41(55)51-52-46(59)62-26-25-60-24-20-47/h12-14,17-18,30-33,35,37-40H,9-11,15-16,19-29,47H2,1-8H3,(H,48,56)(H,50,57)(H,51,55)(H,52,59)/t32-,33-,35?,37+,38+,39+,40-/m0/s1. The number of hydrazine groups is 1. The van der Waals surface area contributed by atoms with Gasteiger partial charge in [0, 0.05) is 49.5 Å². The van der Waals surface area contributed by atoms with Crippen LogP contribution in [0.1, 0.15) is 127 Å². The number of carbonyl (C=O) groups excluding carboxylic acids is 5. The van der Waals surface area contributed by atoms with Gasteiger partial charge in [0.05, 0.1) is 19.3 Å². The van der Waals surface area contributed by atoms with E-state index in [0.29, 0.717) is 44.2 Å². The van der Waals surface area contributed by atoms with Crippen molar-refractivity contribution in [2.24, 2.45) is 23.5 Å². The number of aromatic nitrogens is 1. The number of benzene rings is 1. The second kappa shape index (κ2) is 28.6. The first-order valence-corrected chi connectivity index (χ1v) is 23.8. The summed E-state index contributed by atoms with van der Waals surface area (Å²) in [5, 5.41) is 8.66. The summed E-state index contributed by atoms with van der Waals surface area (Å²) >= 11 is 1.34. The van der Waals surface area contributed by atoms with Crippen molar-refractivity contribution in [1.29, 1.82) is 0 Å². The smallest absolute Gasteiger partial charge is 0.426 e. The van der Waals surface area contributed by atoms with E-state index in [1.807, 2.05) is 63.1 Å². The Hall–Kier alpha value is -4.16. The fraction of sp³-hybridized carbons (Fsp3) is 0.696. The lowest BCUT2D eigenvalue weighted by atomic mass is 9.92. The molecule has 1 aromatic heterocycles. The van der Waals surface area contributed by atoms with Gasteiger partial charge in [0.2, 0.25) is 17.7 Å². The first kappa shape index (κ1) is 53.2. The van der Waals surface area contributed by atoms with Crippen molar-refractivity contribution >= 4 is 41.1 Å². The molecule has 7 atom stereocenters. The van der Waals surface area contributed by atoms with Crippen molar-refractivity contribution in [1.82, 2.24) is 36.3 Å². The van der Waals surface area contributed by atoms with Crippen molar-refractivity contribution in [2.75, 3.05) is 53.1 Å². The van der Waals surface area contributed by atoms with Gasteiger partial charge in [0.25, 0.3) is 5.91 Å². The summed E-state index contributed by atoms with van der Waals surface area (Å²) in [5.41, 5.74) is 11.2. The van der Waals surface area contributed by atoms with Crippen molar-refractivity contribution in [3.05, 3.63) is 52.0 Å². The van der Waals surface area contributed by atoms with Gasteiger partial charge in [-0.3, -0.25) is 29.5 Å². The molecule has 2 aromatic rings. The molecule has 63 heavy (non-hydrogen) atoms. The quantitative estimate of drug-likeness (QED) is 0.0569. The molecule has 1 aliphatic rings. The van der Waals surface area contributed by atoms with Gasteiger partial charge in [-0.1, -0.05) is 91.6 Å². The number of nitrogens with one attached hydrogen (secondary N) is 4. The third-order valence-corrected chi connectivity index (χ3v) is 12.5. The van der Waals surface area contributed by atoms with Crippen LogP contribution in [0.3, 0.4) is 0 Å². The Morgan fingerprint density at radius 1 is 0.937 bits per heavy atom. The number of nitrogens with zero attached hydrogens (tertiary/aromatic N) is 3. The lowest BCUT2D eigenvalue weighted by Gasteiger charge is -2.40. The highest BCUT2D eigenvalue weighted by Crippen LogP contribution is 2.32. The molecule has 5 amide bonds. The van der Waals surface area contributed by atoms with Gasteiger partial charge in [0.1, 0.15) is 29.5 Å². The molecule has 3 rings (SSSR count). The molecule has 1 unspecified atom stereocenters. The van der Waals surface area contributed by atoms with Crippen LogP contribution < -0.4 is 27.2 Å². The van der Waals surface area contributed by atoms with Gasteiger partial charge < -0.3 is 35.5 Å². The van der Waals surface area contributed by atoms with Crippen molar-refractivity contribution in [3.63, 3.8) is 0 Å². The maximum atomic E-state index is 14.7. The number of hydrogen-bond donors (Lipinski definition) is 5. The Morgan fingerprint density at radius 3 is 2.33 bits per heavy atom. The fourth-order valence-corrected chi connectivity index (χ4v) is 8.61. The van der Waals surface area contributed by atoms with E-state index in [1.165, 1.54) is 11.3 Å². The SMILES string of the molecule is CCCO[C@H](C[C@H](C(C)C)N(CCC)C(=O)[C@@H](NC(=O)[C@H]1CCCCN1C)[C@@H](C)CC)c1nc(C(=O)NC(Cc2ccccc2)C[C@H](C)C(=O)NNC(=O)OCCOCCN)cs1. The molecule has 0 radical (unpaired) electrons. The zero-order valence-corrected chi connectivity index (χ0v) is 39.8. The van der Waals surface area contributed by atoms with Crippen LogP contribution in [-0.4, -0.2) is 122 Å². The molecule has 17 heteroatoms. The molecule has 1 saturated heterocycles. The Bertz CT molecular complexity index is 1680. The van der Waals surface area contributed by atoms with E-state index in [0.717, 1.165) is 50.6 Å². The average Bonchev–Trinajstić information content (AvgIpc) is 3.77. The molecule has 0 bridgehead atoms. The summed E-state index contributed by atoms with van der Waals surface area (Å²) in [6.45, 7) is 16.8. The van der Waals surface area contributed by atoms with Crippen molar-refractivity contribution in [2.45, 2.75) is 137 Å². The largest absolute Gasteiger partial charge is 0.446 e. The summed E-state index contributed by atoms with van der Waals surface area (Å²) < 4.78 is 16.7. The molecule has 0 aliphatic carbocycles. The van der Waals surface area contributed by atoms with E-state index < -0.39 is 42.0 Å². The van der Waals surface area contributed by atoms with Crippen LogP contribution >= 0.6 is 11.3 Å². The van der Waals surface area contributed by atoms with Crippen molar-refractivity contribution in [3.8, 4) is 0 Å². The van der Waals surface area contributed by atoms with Gasteiger partial charge in [-0.15, -0.1) is 11.3 Å². The number of amides is 5. The maximum absolute atomic E-state index is 14.7. The van der Waals surface area contributed by atoms with Gasteiger partial charge in [0.15, 0.2) is 0 Å². The summed E-state index contributed by atoms with van der Waals surface area (Å²) in [7, 11) is 1.98. The number of likely N-dealkylation sites (tertiary alicyclic amines) is 1. The lowest BCUT2D eigenvalue weighted by Crippen LogP contribution is -2.58. The molecule has 1 fully saturated rings. The summed E-state index contributed by atoms with van der Waals surface area (Å²) in [5.74, 6) is -1.64. The summed E-state index contributed by atoms with van der Waals surface area (Å²) in [6.07, 6.45) is 4.91. The molecule has 1 aliphatic heterocycles. The normalized spacial score (nSPS) is 17.1. The van der Waals surface area contributed by atoms with E-state index in [9.17, 15) is 24.0 Å². The lowest BCUT2D eigenvalue weighted by molar-refractivity contribution is -0.143. The highest BCUT2D eigenvalue weighted by atomic mass is 32.1. The monoisotopic (exact) mass is 901 g/mol. The van der Waals surface area contributed by atoms with Crippen LogP contribution in [0.2, 0.25) is 0 Å². The van der Waals surface area contributed by atoms with Crippen LogP contribution in [0.4, 0.5) is 4.79 Å². The van der Waals surface area contributed by atoms with Crippen LogP contribution in [0.25, 0.3) is 0 Å². The number of hydrogen-bond acceptors (Lipinski definition) is 12. The molecule has 16 nitrogen and oxygen atoms in total. The molecular formula is C46H76N8O8S. The minimum atomic E-state index is -0.826. The van der Waals surface area contributed by atoms with Gasteiger partial charge in [-0.2, -0.15) is 0 Å². The Morgan fingerprint density at radius 2 is 1.68 bits per heavy atom. The number of thiazole rings is 1. The Balaban J connectivity index is 1.79. The second-order valence-electron chi connectivity index (χ2n) is 17.0. The number of likely N-dealkylation sites (N-methyl/N-ethyl adjacent to an activating group) is 1.